The molecule has 6 nitrogen and oxygen atoms in total. The van der Waals surface area contributed by atoms with Crippen LogP contribution in [0.4, 0.5) is 5.69 Å². The van der Waals surface area contributed by atoms with Gasteiger partial charge in [-0.1, -0.05) is 6.07 Å². The Balaban J connectivity index is 1.62. The Morgan fingerprint density at radius 2 is 2.21 bits per heavy atom. The zero-order valence-corrected chi connectivity index (χ0v) is 16.8. The van der Waals surface area contributed by atoms with Gasteiger partial charge in [0.1, 0.15) is 5.75 Å². The van der Waals surface area contributed by atoms with Crippen LogP contribution in [0.2, 0.25) is 0 Å². The van der Waals surface area contributed by atoms with Crippen molar-refractivity contribution >= 4 is 40.1 Å². The predicted molar refractivity (Wildman–Crippen MR) is 110 cm³/mol. The van der Waals surface area contributed by atoms with Crippen molar-refractivity contribution in [1.82, 2.24) is 4.98 Å². The van der Waals surface area contributed by atoms with Crippen LogP contribution in [0.3, 0.4) is 0 Å². The number of ether oxygens (including phenoxy) is 2. The summed E-state index contributed by atoms with van der Waals surface area (Å²) in [5.74, 6) is 0.280. The van der Waals surface area contributed by atoms with Gasteiger partial charge in [-0.25, -0.2) is 4.98 Å². The quantitative estimate of drug-likeness (QED) is 0.552. The van der Waals surface area contributed by atoms with Crippen LogP contribution in [0.5, 0.6) is 5.75 Å². The maximum atomic E-state index is 12.5. The highest BCUT2D eigenvalue weighted by atomic mass is 32.1. The van der Waals surface area contributed by atoms with Crippen molar-refractivity contribution in [2.24, 2.45) is 0 Å². The minimum Gasteiger partial charge on any atom is -0.482 e. The van der Waals surface area contributed by atoms with Crippen molar-refractivity contribution in [2.45, 2.75) is 6.42 Å². The second-order valence-corrected chi connectivity index (χ2v) is 8.11. The summed E-state index contributed by atoms with van der Waals surface area (Å²) in [6, 6.07) is 9.21. The molecule has 3 aromatic rings. The average molecular weight is 415 g/mol. The highest BCUT2D eigenvalue weighted by molar-refractivity contribution is 7.12. The molecule has 0 bridgehead atoms. The molecule has 1 aliphatic rings. The maximum Gasteiger partial charge on any atom is 0.265 e. The van der Waals surface area contributed by atoms with Crippen LogP contribution < -0.4 is 9.64 Å². The van der Waals surface area contributed by atoms with Gasteiger partial charge in [0.15, 0.2) is 12.4 Å². The van der Waals surface area contributed by atoms with E-state index in [0.29, 0.717) is 22.9 Å². The fourth-order valence-corrected chi connectivity index (χ4v) is 4.39. The van der Waals surface area contributed by atoms with E-state index in [1.165, 1.54) is 16.2 Å². The van der Waals surface area contributed by atoms with Crippen LogP contribution in [-0.4, -0.2) is 43.5 Å². The Hall–Kier alpha value is -2.55. The Labute approximate surface area is 170 Å². The summed E-state index contributed by atoms with van der Waals surface area (Å²) >= 11 is 2.95. The number of aromatic nitrogens is 1. The Bertz CT molecular complexity index is 998. The van der Waals surface area contributed by atoms with Crippen molar-refractivity contribution in [3.8, 4) is 17.0 Å². The molecule has 0 radical (unpaired) electrons. The number of thiazole rings is 1. The maximum absolute atomic E-state index is 12.5. The Morgan fingerprint density at radius 1 is 1.32 bits per heavy atom. The number of hydrogen-bond acceptors (Lipinski definition) is 7. The number of thiophene rings is 1. The first kappa shape index (κ1) is 18.8. The molecule has 0 atom stereocenters. The van der Waals surface area contributed by atoms with E-state index >= 15 is 0 Å². The lowest BCUT2D eigenvalue weighted by atomic mass is 10.1. The van der Waals surface area contributed by atoms with Crippen LogP contribution in [0.15, 0.2) is 41.1 Å². The number of hydrogen-bond donors (Lipinski definition) is 0. The number of carbonyl (C=O) groups excluding carboxylic acids is 2. The number of methoxy groups -OCH3 is 1. The van der Waals surface area contributed by atoms with Crippen LogP contribution >= 0.6 is 22.7 Å². The fraction of sp³-hybridized carbons (Fsp3) is 0.250. The molecule has 4 rings (SSSR count). The number of ketones is 1. The van der Waals surface area contributed by atoms with Crippen molar-refractivity contribution in [3.63, 3.8) is 0 Å². The van der Waals surface area contributed by atoms with Crippen LogP contribution in [-0.2, 0) is 16.0 Å². The van der Waals surface area contributed by atoms with E-state index in [0.717, 1.165) is 22.7 Å². The number of fused-ring (bicyclic) bond motifs is 1. The molecule has 1 amide bonds. The standard InChI is InChI=1S/C20H18N2O4S2/c1-25-7-6-19-21-14(12-28-19)13-4-5-17-15(9-13)22(20(24)11-26-17)10-16(23)18-3-2-8-27-18/h2-5,8-9,12H,6-7,10-11H2,1H3. The predicted octanol–water partition coefficient (Wildman–Crippen LogP) is 3.67. The van der Waals surface area contributed by atoms with Gasteiger partial charge in [0, 0.05) is 24.5 Å². The number of amides is 1. The van der Waals surface area contributed by atoms with Gasteiger partial charge in [-0.15, -0.1) is 22.7 Å². The highest BCUT2D eigenvalue weighted by Gasteiger charge is 2.28. The van der Waals surface area contributed by atoms with Gasteiger partial charge in [-0.3, -0.25) is 14.5 Å². The molecule has 0 aliphatic carbocycles. The zero-order chi connectivity index (χ0) is 19.5. The third-order valence-electron chi connectivity index (χ3n) is 4.37. The summed E-state index contributed by atoms with van der Waals surface area (Å²) in [5, 5.41) is 4.83. The monoisotopic (exact) mass is 414 g/mol. The largest absolute Gasteiger partial charge is 0.482 e. The average Bonchev–Trinajstić information content (AvgIpc) is 3.40. The SMILES string of the molecule is COCCc1nc(-c2ccc3c(c2)N(CC(=O)c2cccs2)C(=O)CO3)cs1. The summed E-state index contributed by atoms with van der Waals surface area (Å²) in [4.78, 5) is 31.8. The number of nitrogens with zero attached hydrogens (tertiary/aromatic N) is 2. The molecule has 0 N–H and O–H groups in total. The Morgan fingerprint density at radius 3 is 3.00 bits per heavy atom. The van der Waals surface area contributed by atoms with Gasteiger partial charge in [-0.2, -0.15) is 0 Å². The second-order valence-electron chi connectivity index (χ2n) is 6.22. The molecule has 1 aromatic carbocycles. The molecule has 0 saturated carbocycles. The van der Waals surface area contributed by atoms with Crippen LogP contribution in [0.1, 0.15) is 14.7 Å². The number of Topliss-reactive ketones (excluding diaryl/α,β-unsaturated/α-hetero) is 1. The molecule has 1 aliphatic heterocycles. The van der Waals surface area contributed by atoms with E-state index in [9.17, 15) is 9.59 Å². The lowest BCUT2D eigenvalue weighted by Crippen LogP contribution is -2.41. The zero-order valence-electron chi connectivity index (χ0n) is 15.2. The third-order valence-corrected chi connectivity index (χ3v) is 6.19. The molecular weight excluding hydrogens is 396 g/mol. The van der Waals surface area contributed by atoms with E-state index in [1.54, 1.807) is 24.5 Å². The number of rotatable bonds is 7. The summed E-state index contributed by atoms with van der Waals surface area (Å²) in [6.07, 6.45) is 0.759. The lowest BCUT2D eigenvalue weighted by molar-refractivity contribution is -0.121. The second kappa shape index (κ2) is 8.22. The van der Waals surface area contributed by atoms with Gasteiger partial charge in [0.05, 0.1) is 34.4 Å². The number of carbonyl (C=O) groups is 2. The van der Waals surface area contributed by atoms with Crippen molar-refractivity contribution < 1.29 is 19.1 Å². The van der Waals surface area contributed by atoms with Crippen molar-refractivity contribution in [2.75, 3.05) is 31.8 Å². The number of benzene rings is 1. The number of anilines is 1. The van der Waals surface area contributed by atoms with Crippen LogP contribution in [0, 0.1) is 0 Å². The molecule has 28 heavy (non-hydrogen) atoms. The minimum atomic E-state index is -0.228. The van der Waals surface area contributed by atoms with Gasteiger partial charge in [0.2, 0.25) is 0 Å². The first-order chi connectivity index (χ1) is 13.7. The normalized spacial score (nSPS) is 13.3. The van der Waals surface area contributed by atoms with E-state index < -0.39 is 0 Å². The fourth-order valence-electron chi connectivity index (χ4n) is 2.94. The van der Waals surface area contributed by atoms with Crippen molar-refractivity contribution in [1.29, 1.82) is 0 Å². The molecule has 2 aromatic heterocycles. The van der Waals surface area contributed by atoms with E-state index in [2.05, 4.69) is 4.98 Å². The highest BCUT2D eigenvalue weighted by Crippen LogP contribution is 2.36. The summed E-state index contributed by atoms with van der Waals surface area (Å²) in [7, 11) is 1.67. The smallest absolute Gasteiger partial charge is 0.265 e. The third kappa shape index (κ3) is 3.84. The summed E-state index contributed by atoms with van der Waals surface area (Å²) in [6.45, 7) is 0.551. The molecule has 0 saturated heterocycles. The molecule has 0 spiro atoms. The first-order valence-electron chi connectivity index (χ1n) is 8.73. The lowest BCUT2D eigenvalue weighted by Gasteiger charge is -2.29. The summed E-state index contributed by atoms with van der Waals surface area (Å²) < 4.78 is 10.7. The molecule has 0 unspecified atom stereocenters. The van der Waals surface area contributed by atoms with Gasteiger partial charge in [0.25, 0.3) is 5.91 Å². The van der Waals surface area contributed by atoms with Gasteiger partial charge < -0.3 is 9.47 Å². The molecule has 0 fully saturated rings. The topological polar surface area (TPSA) is 68.7 Å². The summed E-state index contributed by atoms with van der Waals surface area (Å²) in [5.41, 5.74) is 2.32. The minimum absolute atomic E-state index is 0.00465. The van der Waals surface area contributed by atoms with Crippen LogP contribution in [0.25, 0.3) is 11.3 Å². The van der Waals surface area contributed by atoms with Gasteiger partial charge >= 0.3 is 0 Å². The van der Waals surface area contributed by atoms with E-state index in [1.807, 2.05) is 35.0 Å². The molecule has 144 valence electrons. The molecule has 3 heterocycles. The first-order valence-corrected chi connectivity index (χ1v) is 10.5. The van der Waals surface area contributed by atoms with E-state index in [-0.39, 0.29) is 24.8 Å². The van der Waals surface area contributed by atoms with E-state index in [4.69, 9.17) is 9.47 Å². The molecule has 8 heteroatoms. The molecular formula is C20H18N2O4S2. The van der Waals surface area contributed by atoms with Gasteiger partial charge in [-0.05, 0) is 29.6 Å². The Kier molecular flexibility index (Phi) is 5.52. The van der Waals surface area contributed by atoms with Crippen molar-refractivity contribution in [3.05, 3.63) is 51.0 Å².